The lowest BCUT2D eigenvalue weighted by molar-refractivity contribution is -0.158. The van der Waals surface area contributed by atoms with E-state index in [1.54, 1.807) is 6.92 Å². The summed E-state index contributed by atoms with van der Waals surface area (Å²) in [6.45, 7) is 1.83. The molecular weight excluding hydrogens is 293 g/mol. The second-order valence-electron chi connectivity index (χ2n) is 4.03. The van der Waals surface area contributed by atoms with Crippen LogP contribution in [-0.2, 0) is 20.7 Å². The zero-order chi connectivity index (χ0) is 14.0. The minimum atomic E-state index is -0.347. The van der Waals surface area contributed by atoms with Gasteiger partial charge in [0.15, 0.2) is 0 Å². The molecule has 102 valence electrons. The van der Waals surface area contributed by atoms with Crippen LogP contribution in [0.1, 0.15) is 11.3 Å². The second kappa shape index (κ2) is 5.81. The first-order valence-electron chi connectivity index (χ1n) is 5.58. The molecule has 0 spiro atoms. The summed E-state index contributed by atoms with van der Waals surface area (Å²) in [4.78, 5) is 32.1. The molecule has 1 aromatic heterocycles. The van der Waals surface area contributed by atoms with Gasteiger partial charge in [-0.3, -0.25) is 14.5 Å². The van der Waals surface area contributed by atoms with Gasteiger partial charge in [-0.25, -0.2) is 9.97 Å². The third kappa shape index (κ3) is 3.20. The first-order chi connectivity index (χ1) is 8.99. The number of aryl methyl sites for hydroxylation is 1. The minimum Gasteiger partial charge on any atom is -0.362 e. The largest absolute Gasteiger partial charge is 0.362 e. The second-order valence-corrected chi connectivity index (χ2v) is 4.73. The van der Waals surface area contributed by atoms with Crippen LogP contribution >= 0.6 is 23.2 Å². The van der Waals surface area contributed by atoms with E-state index >= 15 is 0 Å². The number of nitrogens with zero attached hydrogens (tertiary/aromatic N) is 3. The van der Waals surface area contributed by atoms with Gasteiger partial charge in [-0.15, -0.1) is 0 Å². The van der Waals surface area contributed by atoms with Crippen molar-refractivity contribution >= 4 is 35.0 Å². The maximum absolute atomic E-state index is 11.5. The van der Waals surface area contributed by atoms with E-state index in [1.807, 2.05) is 0 Å². The van der Waals surface area contributed by atoms with Crippen molar-refractivity contribution in [2.24, 2.45) is 0 Å². The van der Waals surface area contributed by atoms with Crippen molar-refractivity contribution in [1.29, 1.82) is 0 Å². The molecule has 0 aliphatic carbocycles. The number of rotatable bonds is 3. The fraction of sp³-hybridized carbons (Fsp3) is 0.455. The summed E-state index contributed by atoms with van der Waals surface area (Å²) in [5.41, 5.74) is 1.32. The summed E-state index contributed by atoms with van der Waals surface area (Å²) in [5.74, 6) is -0.695. The highest BCUT2D eigenvalue weighted by Crippen LogP contribution is 2.19. The average molecular weight is 304 g/mol. The first kappa shape index (κ1) is 14.2. The Kier molecular flexibility index (Phi) is 4.34. The van der Waals surface area contributed by atoms with Crippen LogP contribution in [0.3, 0.4) is 0 Å². The van der Waals surface area contributed by atoms with Crippen molar-refractivity contribution in [2.75, 3.05) is 19.8 Å². The van der Waals surface area contributed by atoms with Gasteiger partial charge in [-0.1, -0.05) is 11.6 Å². The summed E-state index contributed by atoms with van der Waals surface area (Å²) in [6.07, 6.45) is 0.388. The fourth-order valence-electron chi connectivity index (χ4n) is 1.81. The standard InChI is InChI=1S/C11H11Cl2N3O3/c1-6-7(10(12)15-11(13)14-6)2-3-16-8(17)4-19-5-9(16)18/h2-5H2,1H3. The van der Waals surface area contributed by atoms with E-state index in [-0.39, 0.29) is 42.0 Å². The Morgan fingerprint density at radius 2 is 1.84 bits per heavy atom. The van der Waals surface area contributed by atoms with Crippen molar-refractivity contribution in [1.82, 2.24) is 14.9 Å². The van der Waals surface area contributed by atoms with Crippen LogP contribution in [0.4, 0.5) is 0 Å². The Labute approximate surface area is 119 Å². The van der Waals surface area contributed by atoms with Crippen LogP contribution in [0.2, 0.25) is 10.4 Å². The minimum absolute atomic E-state index is 0.0738. The number of ether oxygens (including phenoxy) is 1. The smallest absolute Gasteiger partial charge is 0.255 e. The van der Waals surface area contributed by atoms with E-state index in [9.17, 15) is 9.59 Å². The van der Waals surface area contributed by atoms with Crippen LogP contribution in [0.5, 0.6) is 0 Å². The van der Waals surface area contributed by atoms with Gasteiger partial charge in [0.05, 0.1) is 0 Å². The van der Waals surface area contributed by atoms with Crippen LogP contribution in [0.25, 0.3) is 0 Å². The Morgan fingerprint density at radius 1 is 1.21 bits per heavy atom. The number of carbonyl (C=O) groups is 2. The molecule has 2 heterocycles. The zero-order valence-corrected chi connectivity index (χ0v) is 11.7. The number of hydrogen-bond donors (Lipinski definition) is 0. The third-order valence-electron chi connectivity index (χ3n) is 2.77. The molecule has 19 heavy (non-hydrogen) atoms. The van der Waals surface area contributed by atoms with E-state index in [2.05, 4.69) is 9.97 Å². The quantitative estimate of drug-likeness (QED) is 0.473. The molecule has 0 bridgehead atoms. The highest BCUT2D eigenvalue weighted by atomic mass is 35.5. The SMILES string of the molecule is Cc1nc(Cl)nc(Cl)c1CCN1C(=O)COCC1=O. The number of morpholine rings is 1. The lowest BCUT2D eigenvalue weighted by atomic mass is 10.1. The maximum atomic E-state index is 11.5. The van der Waals surface area contributed by atoms with Crippen molar-refractivity contribution < 1.29 is 14.3 Å². The van der Waals surface area contributed by atoms with Crippen molar-refractivity contribution in [2.45, 2.75) is 13.3 Å². The number of halogens is 2. The van der Waals surface area contributed by atoms with E-state index < -0.39 is 0 Å². The molecule has 0 radical (unpaired) electrons. The number of aromatic nitrogens is 2. The normalized spacial score (nSPS) is 16.1. The summed E-state index contributed by atoms with van der Waals surface area (Å²) < 4.78 is 4.83. The Morgan fingerprint density at radius 3 is 2.42 bits per heavy atom. The summed E-state index contributed by atoms with van der Waals surface area (Å²) in [5, 5.41) is 0.315. The van der Waals surface area contributed by atoms with Crippen molar-refractivity contribution in [3.05, 3.63) is 21.7 Å². The van der Waals surface area contributed by atoms with Gasteiger partial charge in [-0.2, -0.15) is 0 Å². The number of carbonyl (C=O) groups excluding carboxylic acids is 2. The summed E-state index contributed by atoms with van der Waals surface area (Å²) >= 11 is 11.7. The Balaban J connectivity index is 2.10. The molecule has 0 N–H and O–H groups in total. The van der Waals surface area contributed by atoms with E-state index in [4.69, 9.17) is 27.9 Å². The molecule has 0 saturated carbocycles. The predicted molar refractivity (Wildman–Crippen MR) is 68.0 cm³/mol. The predicted octanol–water partition coefficient (Wildman–Crippen LogP) is 1.02. The van der Waals surface area contributed by atoms with E-state index in [0.717, 1.165) is 4.90 Å². The lowest BCUT2D eigenvalue weighted by Gasteiger charge is -2.25. The molecule has 0 atom stereocenters. The monoisotopic (exact) mass is 303 g/mol. The molecule has 0 unspecified atom stereocenters. The topological polar surface area (TPSA) is 72.4 Å². The molecule has 1 aromatic rings. The van der Waals surface area contributed by atoms with Gasteiger partial charge >= 0.3 is 0 Å². The molecule has 0 aromatic carbocycles. The van der Waals surface area contributed by atoms with Crippen molar-refractivity contribution in [3.63, 3.8) is 0 Å². The molecule has 1 fully saturated rings. The van der Waals surface area contributed by atoms with Crippen molar-refractivity contribution in [3.8, 4) is 0 Å². The van der Waals surface area contributed by atoms with Crippen LogP contribution in [0, 0.1) is 6.92 Å². The Bertz CT molecular complexity index is 497. The Hall–Kier alpha value is -1.24. The molecule has 1 aliphatic rings. The number of imide groups is 1. The molecule has 6 nitrogen and oxygen atoms in total. The molecule has 8 heteroatoms. The number of hydrogen-bond acceptors (Lipinski definition) is 5. The van der Waals surface area contributed by atoms with Gasteiger partial charge in [0.1, 0.15) is 18.4 Å². The van der Waals surface area contributed by atoms with Gasteiger partial charge < -0.3 is 4.74 Å². The van der Waals surface area contributed by atoms with Gasteiger partial charge in [0.2, 0.25) is 5.28 Å². The summed E-state index contributed by atoms with van der Waals surface area (Å²) in [6, 6.07) is 0. The molecule has 1 saturated heterocycles. The molecule has 2 amide bonds. The summed E-state index contributed by atoms with van der Waals surface area (Å²) in [7, 11) is 0. The van der Waals surface area contributed by atoms with Crippen LogP contribution in [0.15, 0.2) is 0 Å². The fourth-order valence-corrected chi connectivity index (χ4v) is 2.37. The maximum Gasteiger partial charge on any atom is 0.255 e. The highest BCUT2D eigenvalue weighted by Gasteiger charge is 2.26. The highest BCUT2D eigenvalue weighted by molar-refractivity contribution is 6.32. The van der Waals surface area contributed by atoms with Crippen LogP contribution < -0.4 is 0 Å². The molecular formula is C11H11Cl2N3O3. The average Bonchev–Trinajstić information content (AvgIpc) is 2.31. The van der Waals surface area contributed by atoms with E-state index in [1.165, 1.54) is 0 Å². The van der Waals surface area contributed by atoms with Gasteiger partial charge in [0.25, 0.3) is 11.8 Å². The number of amides is 2. The van der Waals surface area contributed by atoms with Crippen LogP contribution in [-0.4, -0.2) is 46.4 Å². The van der Waals surface area contributed by atoms with E-state index in [0.29, 0.717) is 17.7 Å². The first-order valence-corrected chi connectivity index (χ1v) is 6.34. The van der Waals surface area contributed by atoms with Gasteiger partial charge in [-0.05, 0) is 24.9 Å². The third-order valence-corrected chi connectivity index (χ3v) is 3.26. The van der Waals surface area contributed by atoms with Gasteiger partial charge in [0, 0.05) is 17.8 Å². The molecule has 2 rings (SSSR count). The zero-order valence-electron chi connectivity index (χ0n) is 10.2. The molecule has 1 aliphatic heterocycles. The lowest BCUT2D eigenvalue weighted by Crippen LogP contribution is -2.47.